The number of nitrogens with two attached hydrogens (primary N) is 2. The van der Waals surface area contributed by atoms with Crippen molar-refractivity contribution < 1.29 is 9.59 Å². The van der Waals surface area contributed by atoms with E-state index in [1.165, 1.54) is 0 Å². The third kappa shape index (κ3) is 4.29. The molecule has 2 amide bonds. The van der Waals surface area contributed by atoms with Crippen LogP contribution in [0.15, 0.2) is 0 Å². The van der Waals surface area contributed by atoms with Crippen molar-refractivity contribution in [1.29, 1.82) is 0 Å². The second-order valence-electron chi connectivity index (χ2n) is 6.06. The molecule has 1 aliphatic rings. The monoisotopic (exact) mass is 255 g/mol. The summed E-state index contributed by atoms with van der Waals surface area (Å²) in [5.74, 6) is -0.429. The van der Waals surface area contributed by atoms with Gasteiger partial charge in [0.2, 0.25) is 11.8 Å². The normalized spacial score (nSPS) is 25.0. The predicted molar refractivity (Wildman–Crippen MR) is 70.6 cm³/mol. The van der Waals surface area contributed by atoms with Gasteiger partial charge in [-0.25, -0.2) is 0 Å². The Morgan fingerprint density at radius 2 is 1.94 bits per heavy atom. The van der Waals surface area contributed by atoms with Gasteiger partial charge in [-0.05, 0) is 40.0 Å². The number of carbonyl (C=O) groups excluding carboxylic acids is 2. The molecule has 0 aromatic rings. The second kappa shape index (κ2) is 5.69. The zero-order chi connectivity index (χ0) is 13.9. The maximum absolute atomic E-state index is 12.1. The molecule has 104 valence electrons. The minimum Gasteiger partial charge on any atom is -0.369 e. The van der Waals surface area contributed by atoms with Crippen LogP contribution in [-0.2, 0) is 9.59 Å². The van der Waals surface area contributed by atoms with E-state index in [-0.39, 0.29) is 29.3 Å². The third-order valence-electron chi connectivity index (χ3n) is 3.59. The van der Waals surface area contributed by atoms with Gasteiger partial charge in [-0.1, -0.05) is 0 Å². The molecule has 0 saturated carbocycles. The summed E-state index contributed by atoms with van der Waals surface area (Å²) in [6, 6.07) is 0.189. The summed E-state index contributed by atoms with van der Waals surface area (Å²) in [5, 5.41) is 0. The van der Waals surface area contributed by atoms with Crippen LogP contribution in [0.3, 0.4) is 0 Å². The molecule has 1 heterocycles. The van der Waals surface area contributed by atoms with E-state index in [4.69, 9.17) is 11.5 Å². The van der Waals surface area contributed by atoms with Crippen LogP contribution in [0.5, 0.6) is 0 Å². The first-order valence-electron chi connectivity index (χ1n) is 6.58. The minimum atomic E-state index is -0.336. The Hall–Kier alpha value is -1.10. The van der Waals surface area contributed by atoms with E-state index < -0.39 is 0 Å². The molecule has 0 aliphatic carbocycles. The van der Waals surface area contributed by atoms with Gasteiger partial charge in [0.15, 0.2) is 0 Å². The van der Waals surface area contributed by atoms with E-state index in [9.17, 15) is 9.59 Å². The van der Waals surface area contributed by atoms with Crippen LogP contribution >= 0.6 is 0 Å². The Labute approximate surface area is 109 Å². The average molecular weight is 255 g/mol. The molecule has 1 fully saturated rings. The van der Waals surface area contributed by atoms with E-state index in [1.54, 1.807) is 4.90 Å². The van der Waals surface area contributed by atoms with Gasteiger partial charge in [0.1, 0.15) is 0 Å². The smallest absolute Gasteiger partial charge is 0.222 e. The molecule has 1 rings (SSSR count). The summed E-state index contributed by atoms with van der Waals surface area (Å²) >= 11 is 0. The first-order chi connectivity index (χ1) is 8.20. The lowest BCUT2D eigenvalue weighted by Crippen LogP contribution is -2.49. The van der Waals surface area contributed by atoms with Crippen molar-refractivity contribution in [2.45, 2.75) is 58.0 Å². The number of hydrogen-bond acceptors (Lipinski definition) is 3. The summed E-state index contributed by atoms with van der Waals surface area (Å²) in [7, 11) is 0. The van der Waals surface area contributed by atoms with Crippen LogP contribution in [0.2, 0.25) is 0 Å². The zero-order valence-electron chi connectivity index (χ0n) is 11.6. The second-order valence-corrected chi connectivity index (χ2v) is 6.06. The zero-order valence-corrected chi connectivity index (χ0v) is 11.6. The molecule has 1 aliphatic heterocycles. The van der Waals surface area contributed by atoms with E-state index >= 15 is 0 Å². The van der Waals surface area contributed by atoms with E-state index in [0.717, 1.165) is 12.8 Å². The highest BCUT2D eigenvalue weighted by atomic mass is 16.2. The molecule has 4 N–H and O–H groups in total. The first kappa shape index (κ1) is 15.0. The van der Waals surface area contributed by atoms with Crippen LogP contribution in [0.4, 0.5) is 0 Å². The fourth-order valence-corrected chi connectivity index (χ4v) is 2.26. The molecular formula is C13H25N3O2. The fraction of sp³-hybridized carbons (Fsp3) is 0.846. The van der Waals surface area contributed by atoms with Crippen LogP contribution in [0.25, 0.3) is 0 Å². The highest BCUT2D eigenvalue weighted by Crippen LogP contribution is 2.23. The number of amides is 2. The Bertz CT molecular complexity index is 323. The van der Waals surface area contributed by atoms with Crippen molar-refractivity contribution in [1.82, 2.24) is 4.90 Å². The van der Waals surface area contributed by atoms with E-state index in [0.29, 0.717) is 19.4 Å². The van der Waals surface area contributed by atoms with Gasteiger partial charge >= 0.3 is 0 Å². The van der Waals surface area contributed by atoms with Crippen LogP contribution < -0.4 is 11.5 Å². The van der Waals surface area contributed by atoms with E-state index in [2.05, 4.69) is 0 Å². The lowest BCUT2D eigenvalue weighted by atomic mass is 9.92. The molecule has 0 radical (unpaired) electrons. The SMILES string of the molecule is CC1CCC(C(N)=O)CN1C(=O)CCC(C)(C)N. The number of carbonyl (C=O) groups is 2. The van der Waals surface area contributed by atoms with Crippen LogP contribution in [-0.4, -0.2) is 34.8 Å². The topological polar surface area (TPSA) is 89.4 Å². The lowest BCUT2D eigenvalue weighted by molar-refractivity contribution is -0.137. The van der Waals surface area contributed by atoms with Gasteiger partial charge in [0.05, 0.1) is 5.92 Å². The quantitative estimate of drug-likeness (QED) is 0.771. The number of nitrogens with zero attached hydrogens (tertiary/aromatic N) is 1. The summed E-state index contributed by atoms with van der Waals surface area (Å²) in [4.78, 5) is 25.1. The standard InChI is InChI=1S/C13H25N3O2/c1-9-4-5-10(12(14)18)8-16(9)11(17)6-7-13(2,3)15/h9-10H,4-8,15H2,1-3H3,(H2,14,18). The maximum atomic E-state index is 12.1. The molecule has 0 aromatic carbocycles. The minimum absolute atomic E-state index is 0.0759. The van der Waals surface area contributed by atoms with Gasteiger partial charge < -0.3 is 16.4 Å². The molecule has 18 heavy (non-hydrogen) atoms. The molecular weight excluding hydrogens is 230 g/mol. The van der Waals surface area contributed by atoms with Crippen molar-refractivity contribution in [3.05, 3.63) is 0 Å². The largest absolute Gasteiger partial charge is 0.369 e. The summed E-state index contributed by atoms with van der Waals surface area (Å²) in [6.07, 6.45) is 2.70. The average Bonchev–Trinajstić information content (AvgIpc) is 2.25. The number of primary amides is 1. The Morgan fingerprint density at radius 1 is 1.33 bits per heavy atom. The molecule has 0 bridgehead atoms. The third-order valence-corrected chi connectivity index (χ3v) is 3.59. The number of hydrogen-bond donors (Lipinski definition) is 2. The highest BCUT2D eigenvalue weighted by Gasteiger charge is 2.31. The summed E-state index contributed by atoms with van der Waals surface area (Å²) in [5.41, 5.74) is 10.9. The Morgan fingerprint density at radius 3 is 2.44 bits per heavy atom. The van der Waals surface area contributed by atoms with Crippen molar-refractivity contribution in [2.24, 2.45) is 17.4 Å². The Kier molecular flexibility index (Phi) is 4.73. The van der Waals surface area contributed by atoms with Crippen molar-refractivity contribution in [3.63, 3.8) is 0 Å². The van der Waals surface area contributed by atoms with Gasteiger partial charge in [-0.2, -0.15) is 0 Å². The number of rotatable bonds is 4. The molecule has 5 nitrogen and oxygen atoms in total. The lowest BCUT2D eigenvalue weighted by Gasteiger charge is -2.37. The maximum Gasteiger partial charge on any atom is 0.222 e. The molecule has 0 spiro atoms. The Balaban J connectivity index is 2.57. The van der Waals surface area contributed by atoms with E-state index in [1.807, 2.05) is 20.8 Å². The van der Waals surface area contributed by atoms with Crippen molar-refractivity contribution >= 4 is 11.8 Å². The molecule has 0 aromatic heterocycles. The summed E-state index contributed by atoms with van der Waals surface area (Å²) in [6.45, 7) is 6.29. The molecule has 1 saturated heterocycles. The van der Waals surface area contributed by atoms with Crippen LogP contribution in [0, 0.1) is 5.92 Å². The number of likely N-dealkylation sites (tertiary alicyclic amines) is 1. The fourth-order valence-electron chi connectivity index (χ4n) is 2.26. The van der Waals surface area contributed by atoms with Crippen molar-refractivity contribution in [2.75, 3.05) is 6.54 Å². The van der Waals surface area contributed by atoms with Gasteiger partial charge in [-0.3, -0.25) is 9.59 Å². The first-order valence-corrected chi connectivity index (χ1v) is 6.58. The molecule has 2 unspecified atom stereocenters. The molecule has 5 heteroatoms. The number of piperidine rings is 1. The van der Waals surface area contributed by atoms with Crippen LogP contribution in [0.1, 0.15) is 46.5 Å². The van der Waals surface area contributed by atoms with Gasteiger partial charge in [0, 0.05) is 24.5 Å². The van der Waals surface area contributed by atoms with Gasteiger partial charge in [0.25, 0.3) is 0 Å². The molecule has 2 atom stereocenters. The van der Waals surface area contributed by atoms with Crippen molar-refractivity contribution in [3.8, 4) is 0 Å². The summed E-state index contributed by atoms with van der Waals surface area (Å²) < 4.78 is 0. The predicted octanol–water partition coefficient (Wildman–Crippen LogP) is 0.616. The van der Waals surface area contributed by atoms with Gasteiger partial charge in [-0.15, -0.1) is 0 Å². The highest BCUT2D eigenvalue weighted by molar-refractivity contribution is 5.80.